The van der Waals surface area contributed by atoms with Gasteiger partial charge in [0.25, 0.3) is 0 Å². The van der Waals surface area contributed by atoms with E-state index in [0.717, 1.165) is 12.5 Å². The molecule has 1 atom stereocenters. The number of aliphatic hydroxyl groups excluding tert-OH is 1. The predicted octanol–water partition coefficient (Wildman–Crippen LogP) is 4.92. The van der Waals surface area contributed by atoms with E-state index in [1.165, 1.54) is 49.3 Å². The van der Waals surface area contributed by atoms with Gasteiger partial charge in [0.2, 0.25) is 0 Å². The number of aromatic nitrogens is 4. The first-order valence-electron chi connectivity index (χ1n) is 11.1. The van der Waals surface area contributed by atoms with Crippen molar-refractivity contribution in [1.82, 2.24) is 20.0 Å². The number of rotatable bonds is 8. The molecule has 6 nitrogen and oxygen atoms in total. The smallest absolute Gasteiger partial charge is 0.394 e. The highest BCUT2D eigenvalue weighted by atomic mass is 32.1. The van der Waals surface area contributed by atoms with Crippen LogP contribution in [0.3, 0.4) is 0 Å². The molecule has 33 heavy (non-hydrogen) atoms. The lowest BCUT2D eigenvalue weighted by molar-refractivity contribution is -0.137. The summed E-state index contributed by atoms with van der Waals surface area (Å²) in [5.41, 5.74) is 5.24. The summed E-state index contributed by atoms with van der Waals surface area (Å²) in [6.45, 7) is 2.16. The van der Waals surface area contributed by atoms with Gasteiger partial charge in [0.05, 0.1) is 18.4 Å². The average Bonchev–Trinajstić information content (AvgIpc) is 3.53. The third kappa shape index (κ3) is 5.80. The normalized spacial score (nSPS) is 16.9. The maximum absolute atomic E-state index is 14.0. The molecule has 1 aliphatic carbocycles. The number of hydrogen-bond donors (Lipinski definition) is 2. The molecule has 1 aliphatic rings. The number of alkyl halides is 3. The molecule has 1 aromatic carbocycles. The first kappa shape index (κ1) is 23.8. The zero-order chi connectivity index (χ0) is 23.6. The Morgan fingerprint density at radius 2 is 1.94 bits per heavy atom. The molecule has 0 saturated heterocycles. The second kappa shape index (κ2) is 9.52. The van der Waals surface area contributed by atoms with Crippen molar-refractivity contribution >= 4 is 11.3 Å². The molecule has 3 aromatic rings. The molecular weight excluding hydrogens is 451 g/mol. The van der Waals surface area contributed by atoms with Gasteiger partial charge < -0.3 is 10.8 Å². The molecule has 0 bridgehead atoms. The minimum Gasteiger partial charge on any atom is -0.394 e. The maximum atomic E-state index is 14.0. The summed E-state index contributed by atoms with van der Waals surface area (Å²) < 4.78 is 43.6. The van der Waals surface area contributed by atoms with E-state index in [4.69, 9.17) is 5.73 Å². The molecule has 10 heteroatoms. The third-order valence-electron chi connectivity index (χ3n) is 6.14. The van der Waals surface area contributed by atoms with E-state index in [2.05, 4.69) is 15.3 Å². The van der Waals surface area contributed by atoms with E-state index in [0.29, 0.717) is 33.6 Å². The molecule has 1 fully saturated rings. The van der Waals surface area contributed by atoms with Gasteiger partial charge in [0.15, 0.2) is 0 Å². The van der Waals surface area contributed by atoms with E-state index in [1.807, 2.05) is 0 Å². The monoisotopic (exact) mass is 479 g/mol. The highest BCUT2D eigenvalue weighted by Crippen LogP contribution is 2.40. The molecule has 4 rings (SSSR count). The minimum absolute atomic E-state index is 0.0953. The van der Waals surface area contributed by atoms with Crippen LogP contribution in [0, 0.1) is 5.92 Å². The third-order valence-corrected chi connectivity index (χ3v) is 7.11. The van der Waals surface area contributed by atoms with Crippen molar-refractivity contribution < 1.29 is 18.3 Å². The Morgan fingerprint density at radius 1 is 1.18 bits per heavy atom. The van der Waals surface area contributed by atoms with Crippen molar-refractivity contribution in [2.45, 2.75) is 63.7 Å². The summed E-state index contributed by atoms with van der Waals surface area (Å²) >= 11 is 1.17. The topological polar surface area (TPSA) is 89.8 Å². The summed E-state index contributed by atoms with van der Waals surface area (Å²) in [7, 11) is 0. The summed E-state index contributed by atoms with van der Waals surface area (Å²) in [5, 5.41) is 22.7. The number of nitrogens with two attached hydrogens (primary N) is 1. The summed E-state index contributed by atoms with van der Waals surface area (Å²) in [6, 6.07) is 4.21. The molecule has 0 spiro atoms. The first-order chi connectivity index (χ1) is 15.6. The fourth-order valence-corrected chi connectivity index (χ4v) is 5.28. The first-order valence-corrected chi connectivity index (χ1v) is 11.9. The number of hydrogen-bond acceptors (Lipinski definition) is 6. The maximum Gasteiger partial charge on any atom is 0.417 e. The van der Waals surface area contributed by atoms with E-state index in [9.17, 15) is 18.3 Å². The van der Waals surface area contributed by atoms with Crippen LogP contribution in [0.4, 0.5) is 13.2 Å². The Bertz CT molecular complexity index is 1090. The lowest BCUT2D eigenvalue weighted by atomic mass is 9.99. The standard InChI is InChI=1S/C23H28F3N5OS/c1-22(27,14-32)11-20-29-30-21(33-20)16-6-7-18(19(10-16)23(24,25)26)17-12-28-31(13-17)9-8-15-4-2-3-5-15/h6-7,10,12-13,15,32H,2-5,8-9,11,14,27H2,1H3/t22-/m1/s1. The van der Waals surface area contributed by atoms with Crippen LogP contribution in [-0.2, 0) is 19.1 Å². The van der Waals surface area contributed by atoms with E-state index in [-0.39, 0.29) is 18.6 Å². The Hall–Kier alpha value is -2.30. The number of aliphatic hydroxyl groups is 1. The van der Waals surface area contributed by atoms with Gasteiger partial charge in [-0.05, 0) is 30.9 Å². The molecule has 2 heterocycles. The largest absolute Gasteiger partial charge is 0.417 e. The van der Waals surface area contributed by atoms with Crippen LogP contribution in [-0.4, -0.2) is 37.2 Å². The second-order valence-corrected chi connectivity index (χ2v) is 10.2. The Morgan fingerprint density at radius 3 is 2.64 bits per heavy atom. The molecule has 0 radical (unpaired) electrons. The summed E-state index contributed by atoms with van der Waals surface area (Å²) in [6.07, 6.45) is 4.93. The van der Waals surface area contributed by atoms with Crippen molar-refractivity contribution in [1.29, 1.82) is 0 Å². The van der Waals surface area contributed by atoms with Crippen LogP contribution in [0.15, 0.2) is 30.6 Å². The van der Waals surface area contributed by atoms with Crippen LogP contribution in [0.25, 0.3) is 21.7 Å². The van der Waals surface area contributed by atoms with Crippen molar-refractivity contribution in [2.75, 3.05) is 6.61 Å². The fraction of sp³-hybridized carbons (Fsp3) is 0.522. The molecule has 3 N–H and O–H groups in total. The van der Waals surface area contributed by atoms with E-state index < -0.39 is 17.3 Å². The number of halogens is 3. The van der Waals surface area contributed by atoms with E-state index >= 15 is 0 Å². The zero-order valence-corrected chi connectivity index (χ0v) is 19.3. The quantitative estimate of drug-likeness (QED) is 0.479. The number of nitrogens with zero attached hydrogens (tertiary/aromatic N) is 4. The lowest BCUT2D eigenvalue weighted by Gasteiger charge is -2.19. The fourth-order valence-electron chi connectivity index (χ4n) is 4.25. The molecule has 1 saturated carbocycles. The summed E-state index contributed by atoms with van der Waals surface area (Å²) in [4.78, 5) is 0. The van der Waals surface area contributed by atoms with Gasteiger partial charge in [-0.25, -0.2) is 0 Å². The van der Waals surface area contributed by atoms with E-state index in [1.54, 1.807) is 23.9 Å². The van der Waals surface area contributed by atoms with Gasteiger partial charge in [-0.2, -0.15) is 18.3 Å². The van der Waals surface area contributed by atoms with Crippen LogP contribution in [0.5, 0.6) is 0 Å². The van der Waals surface area contributed by atoms with Crippen molar-refractivity contribution in [3.05, 3.63) is 41.2 Å². The zero-order valence-electron chi connectivity index (χ0n) is 18.5. The predicted molar refractivity (Wildman–Crippen MR) is 122 cm³/mol. The van der Waals surface area contributed by atoms with Crippen LogP contribution >= 0.6 is 11.3 Å². The molecule has 178 valence electrons. The van der Waals surface area contributed by atoms with Crippen molar-refractivity contribution in [3.63, 3.8) is 0 Å². The highest BCUT2D eigenvalue weighted by molar-refractivity contribution is 7.14. The molecule has 0 aliphatic heterocycles. The molecule has 2 aromatic heterocycles. The highest BCUT2D eigenvalue weighted by Gasteiger charge is 2.34. The molecule has 0 amide bonds. The van der Waals surface area contributed by atoms with Crippen molar-refractivity contribution in [2.24, 2.45) is 11.7 Å². The lowest BCUT2D eigenvalue weighted by Crippen LogP contribution is -2.42. The summed E-state index contributed by atoms with van der Waals surface area (Å²) in [5.74, 6) is 0.689. The van der Waals surface area contributed by atoms with Crippen LogP contribution in [0.1, 0.15) is 49.6 Å². The Kier molecular flexibility index (Phi) is 6.88. The Labute approximate surface area is 194 Å². The van der Waals surface area contributed by atoms with Gasteiger partial charge in [-0.15, -0.1) is 10.2 Å². The molecule has 0 unspecified atom stereocenters. The van der Waals surface area contributed by atoms with Crippen LogP contribution < -0.4 is 5.73 Å². The number of aryl methyl sites for hydroxylation is 1. The molecular formula is C23H28F3N5OS. The van der Waals surface area contributed by atoms with Gasteiger partial charge in [-0.1, -0.05) is 49.2 Å². The van der Waals surface area contributed by atoms with Crippen molar-refractivity contribution in [3.8, 4) is 21.7 Å². The Balaban J connectivity index is 1.57. The number of benzene rings is 1. The second-order valence-electron chi connectivity index (χ2n) is 9.18. The van der Waals surface area contributed by atoms with Gasteiger partial charge in [-0.3, -0.25) is 4.68 Å². The van der Waals surface area contributed by atoms with Gasteiger partial charge in [0.1, 0.15) is 10.0 Å². The average molecular weight is 480 g/mol. The SMILES string of the molecule is C[C@](N)(CO)Cc1nnc(-c2ccc(-c3cnn(CCC4CCCC4)c3)c(C(F)(F)F)c2)s1. The van der Waals surface area contributed by atoms with Crippen LogP contribution in [0.2, 0.25) is 0 Å². The minimum atomic E-state index is -4.53. The van der Waals surface area contributed by atoms with Gasteiger partial charge in [0, 0.05) is 35.8 Å². The van der Waals surface area contributed by atoms with Gasteiger partial charge >= 0.3 is 6.18 Å².